The summed E-state index contributed by atoms with van der Waals surface area (Å²) in [6.45, 7) is 5.72. The summed E-state index contributed by atoms with van der Waals surface area (Å²) in [6, 6.07) is 8.46. The van der Waals surface area contributed by atoms with Crippen molar-refractivity contribution in [2.24, 2.45) is 5.73 Å². The average Bonchev–Trinajstić information content (AvgIpc) is 2.59. The zero-order valence-corrected chi connectivity index (χ0v) is 13.5. The third kappa shape index (κ3) is 2.59. The smallest absolute Gasteiger partial charge is 0.352 e. The molecule has 1 fully saturated rings. The molecule has 126 valence electrons. The summed E-state index contributed by atoms with van der Waals surface area (Å²) in [7, 11) is 0. The molecule has 0 aliphatic carbocycles. The molecule has 1 aromatic carbocycles. The standard InChI is InChI=1S/C18H21N3O3/c1-10-8-9-13-15(17(22)21(13)16(10)18(23)24)20-11(2)14(19)12-6-4-3-5-7-12/h3-7,13-15,20H,2,8-9,19H2,1H3,(H,23,24). The molecule has 2 aliphatic heterocycles. The first-order valence-corrected chi connectivity index (χ1v) is 7.93. The second-order valence-corrected chi connectivity index (χ2v) is 6.28. The first-order valence-electron chi connectivity index (χ1n) is 7.93. The molecule has 1 amide bonds. The fraction of sp³-hybridized carbons (Fsp3) is 0.333. The van der Waals surface area contributed by atoms with E-state index in [1.807, 2.05) is 30.3 Å². The maximum absolute atomic E-state index is 12.4. The number of nitrogens with one attached hydrogen (secondary N) is 1. The first kappa shape index (κ1) is 16.3. The minimum Gasteiger partial charge on any atom is -0.477 e. The summed E-state index contributed by atoms with van der Waals surface area (Å²) in [5.74, 6) is -1.29. The highest BCUT2D eigenvalue weighted by atomic mass is 16.4. The largest absolute Gasteiger partial charge is 0.477 e. The van der Waals surface area contributed by atoms with Crippen molar-refractivity contribution in [3.63, 3.8) is 0 Å². The van der Waals surface area contributed by atoms with Crippen molar-refractivity contribution in [3.05, 3.63) is 59.4 Å². The Bertz CT molecular complexity index is 726. The predicted octanol–water partition coefficient (Wildman–Crippen LogP) is 1.52. The second-order valence-electron chi connectivity index (χ2n) is 6.28. The molecular weight excluding hydrogens is 306 g/mol. The Morgan fingerprint density at radius 1 is 1.42 bits per heavy atom. The molecule has 0 radical (unpaired) electrons. The SMILES string of the molecule is C=C(NC1C(=O)N2C(C(=O)O)=C(C)CCC12)C(N)c1ccccc1. The van der Waals surface area contributed by atoms with Gasteiger partial charge >= 0.3 is 5.97 Å². The third-order valence-electron chi connectivity index (χ3n) is 4.76. The minimum absolute atomic E-state index is 0.118. The Morgan fingerprint density at radius 3 is 2.71 bits per heavy atom. The number of carbonyl (C=O) groups is 2. The van der Waals surface area contributed by atoms with Crippen LogP contribution in [-0.4, -0.2) is 34.0 Å². The van der Waals surface area contributed by atoms with Crippen LogP contribution >= 0.6 is 0 Å². The Morgan fingerprint density at radius 2 is 2.08 bits per heavy atom. The monoisotopic (exact) mass is 327 g/mol. The topological polar surface area (TPSA) is 95.7 Å². The van der Waals surface area contributed by atoms with Gasteiger partial charge in [0.05, 0.1) is 12.1 Å². The van der Waals surface area contributed by atoms with Crippen LogP contribution in [0.4, 0.5) is 0 Å². The van der Waals surface area contributed by atoms with Crippen LogP contribution < -0.4 is 11.1 Å². The molecule has 2 heterocycles. The predicted molar refractivity (Wildman–Crippen MR) is 89.6 cm³/mol. The van der Waals surface area contributed by atoms with E-state index >= 15 is 0 Å². The summed E-state index contributed by atoms with van der Waals surface area (Å²) >= 11 is 0. The van der Waals surface area contributed by atoms with Crippen molar-refractivity contribution in [2.75, 3.05) is 0 Å². The van der Waals surface area contributed by atoms with Crippen molar-refractivity contribution in [3.8, 4) is 0 Å². The molecule has 6 heteroatoms. The number of β-lactam (4-membered cyclic amide) rings is 1. The van der Waals surface area contributed by atoms with Crippen LogP contribution in [0.15, 0.2) is 53.9 Å². The summed E-state index contributed by atoms with van der Waals surface area (Å²) < 4.78 is 0. The molecule has 1 aromatic rings. The van der Waals surface area contributed by atoms with Gasteiger partial charge in [-0.15, -0.1) is 0 Å². The van der Waals surface area contributed by atoms with Crippen molar-refractivity contribution in [1.29, 1.82) is 0 Å². The molecule has 24 heavy (non-hydrogen) atoms. The molecule has 0 spiro atoms. The molecule has 3 rings (SSSR count). The fourth-order valence-corrected chi connectivity index (χ4v) is 3.40. The highest BCUT2D eigenvalue weighted by Crippen LogP contribution is 2.37. The normalized spacial score (nSPS) is 24.1. The number of hydrogen-bond donors (Lipinski definition) is 3. The molecule has 2 aliphatic rings. The molecule has 1 saturated heterocycles. The molecule has 3 unspecified atom stereocenters. The van der Waals surface area contributed by atoms with Crippen molar-refractivity contribution in [2.45, 2.75) is 37.9 Å². The number of rotatable bonds is 5. The number of carbonyl (C=O) groups excluding carboxylic acids is 1. The van der Waals surface area contributed by atoms with Gasteiger partial charge < -0.3 is 16.2 Å². The van der Waals surface area contributed by atoms with Gasteiger partial charge in [0.25, 0.3) is 5.91 Å². The van der Waals surface area contributed by atoms with Gasteiger partial charge in [-0.3, -0.25) is 9.69 Å². The van der Waals surface area contributed by atoms with Gasteiger partial charge in [0.15, 0.2) is 0 Å². The summed E-state index contributed by atoms with van der Waals surface area (Å²) in [5, 5.41) is 12.5. The van der Waals surface area contributed by atoms with Gasteiger partial charge in [-0.25, -0.2) is 4.79 Å². The van der Waals surface area contributed by atoms with E-state index in [2.05, 4.69) is 11.9 Å². The number of benzene rings is 1. The maximum atomic E-state index is 12.4. The van der Waals surface area contributed by atoms with Gasteiger partial charge in [0.2, 0.25) is 0 Å². The third-order valence-corrected chi connectivity index (χ3v) is 4.76. The number of allylic oxidation sites excluding steroid dienone is 1. The van der Waals surface area contributed by atoms with Crippen LogP contribution in [0.2, 0.25) is 0 Å². The van der Waals surface area contributed by atoms with Crippen molar-refractivity contribution >= 4 is 11.9 Å². The van der Waals surface area contributed by atoms with Gasteiger partial charge in [-0.1, -0.05) is 36.9 Å². The maximum Gasteiger partial charge on any atom is 0.352 e. The van der Waals surface area contributed by atoms with Gasteiger partial charge in [0.1, 0.15) is 11.7 Å². The van der Waals surface area contributed by atoms with Gasteiger partial charge in [0, 0.05) is 5.70 Å². The minimum atomic E-state index is -1.05. The number of nitrogens with zero attached hydrogens (tertiary/aromatic N) is 1. The molecule has 0 saturated carbocycles. The average molecular weight is 327 g/mol. The van der Waals surface area contributed by atoms with E-state index in [0.29, 0.717) is 12.1 Å². The van der Waals surface area contributed by atoms with Crippen LogP contribution in [0.5, 0.6) is 0 Å². The van der Waals surface area contributed by atoms with E-state index in [1.165, 1.54) is 4.90 Å². The van der Waals surface area contributed by atoms with E-state index in [0.717, 1.165) is 17.6 Å². The fourth-order valence-electron chi connectivity index (χ4n) is 3.40. The lowest BCUT2D eigenvalue weighted by molar-refractivity contribution is -0.154. The van der Waals surface area contributed by atoms with Crippen LogP contribution in [0.1, 0.15) is 31.4 Å². The lowest BCUT2D eigenvalue weighted by Crippen LogP contribution is -2.70. The summed E-state index contributed by atoms with van der Waals surface area (Å²) in [4.78, 5) is 25.2. The summed E-state index contributed by atoms with van der Waals surface area (Å²) in [6.07, 6.45) is 1.41. The van der Waals surface area contributed by atoms with Gasteiger partial charge in [-0.05, 0) is 30.9 Å². The molecular formula is C18H21N3O3. The Balaban J connectivity index is 1.71. The van der Waals surface area contributed by atoms with E-state index < -0.39 is 18.1 Å². The molecule has 4 N–H and O–H groups in total. The number of aliphatic carboxylic acids is 1. The lowest BCUT2D eigenvalue weighted by atomic mass is 9.83. The van der Waals surface area contributed by atoms with E-state index in [1.54, 1.807) is 6.92 Å². The van der Waals surface area contributed by atoms with Crippen LogP contribution in [0.25, 0.3) is 0 Å². The van der Waals surface area contributed by atoms with Crippen LogP contribution in [-0.2, 0) is 9.59 Å². The Labute approximate surface area is 140 Å². The van der Waals surface area contributed by atoms with Crippen molar-refractivity contribution in [1.82, 2.24) is 10.2 Å². The number of nitrogens with two attached hydrogens (primary N) is 1. The quantitative estimate of drug-likeness (QED) is 0.713. The number of fused-ring (bicyclic) bond motifs is 1. The van der Waals surface area contributed by atoms with Crippen molar-refractivity contribution < 1.29 is 14.7 Å². The lowest BCUT2D eigenvalue weighted by Gasteiger charge is -2.50. The number of amides is 1. The van der Waals surface area contributed by atoms with Gasteiger partial charge in [-0.2, -0.15) is 0 Å². The molecule has 0 aromatic heterocycles. The zero-order chi connectivity index (χ0) is 17.4. The Kier molecular flexibility index (Phi) is 4.15. The molecule has 0 bridgehead atoms. The number of hydrogen-bond acceptors (Lipinski definition) is 4. The van der Waals surface area contributed by atoms with E-state index in [9.17, 15) is 14.7 Å². The second kappa shape index (κ2) is 6.13. The number of carboxylic acid groups (broad SMARTS) is 1. The molecule has 3 atom stereocenters. The van der Waals surface area contributed by atoms with E-state index in [-0.39, 0.29) is 17.6 Å². The number of carboxylic acids is 1. The highest BCUT2D eigenvalue weighted by Gasteiger charge is 2.52. The first-order chi connectivity index (χ1) is 11.4. The highest BCUT2D eigenvalue weighted by molar-refractivity contribution is 6.00. The van der Waals surface area contributed by atoms with Crippen LogP contribution in [0, 0.1) is 0 Å². The van der Waals surface area contributed by atoms with Crippen LogP contribution in [0.3, 0.4) is 0 Å². The Hall–Kier alpha value is -2.60. The molecule has 6 nitrogen and oxygen atoms in total. The van der Waals surface area contributed by atoms with E-state index in [4.69, 9.17) is 5.73 Å². The zero-order valence-electron chi connectivity index (χ0n) is 13.5. The summed E-state index contributed by atoms with van der Waals surface area (Å²) in [5.41, 5.74) is 8.51.